The highest BCUT2D eigenvalue weighted by atomic mass is 14.8. The molecule has 0 aromatic heterocycles. The smallest absolute Gasteiger partial charge is 0.0486 e. The molecule has 2 aromatic carbocycles. The van der Waals surface area contributed by atoms with E-state index in [0.29, 0.717) is 0 Å². The summed E-state index contributed by atoms with van der Waals surface area (Å²) in [7, 11) is 0. The molecule has 2 heteroatoms. The van der Waals surface area contributed by atoms with Crippen LogP contribution in [0.5, 0.6) is 0 Å². The quantitative estimate of drug-likeness (QED) is 0.615. The average Bonchev–Trinajstić information content (AvgIpc) is 2.18. The first-order chi connectivity index (χ1) is 6.84. The van der Waals surface area contributed by atoms with Crippen LogP contribution in [0.25, 0.3) is 16.8 Å². The molecule has 0 saturated heterocycles. The van der Waals surface area contributed by atoms with Crippen LogP contribution in [-0.4, -0.2) is 0 Å². The zero-order valence-corrected chi connectivity index (χ0v) is 7.62. The van der Waals surface area contributed by atoms with E-state index in [1.807, 2.05) is 18.3 Å². The molecule has 1 aliphatic rings. The number of nitrogens with one attached hydrogen (secondary N) is 1. The molecule has 1 aliphatic heterocycles. The molecule has 0 amide bonds. The predicted octanol–water partition coefficient (Wildman–Crippen LogP) is 2.82. The first-order valence-corrected chi connectivity index (χ1v) is 4.60. The second kappa shape index (κ2) is 2.51. The number of benzene rings is 2. The number of hydrogen-bond donors (Lipinski definition) is 2. The Bertz CT molecular complexity index is 541. The van der Waals surface area contributed by atoms with E-state index in [-0.39, 0.29) is 0 Å². The molecule has 68 valence electrons. The van der Waals surface area contributed by atoms with Crippen LogP contribution < -0.4 is 11.1 Å². The maximum atomic E-state index is 5.81. The van der Waals surface area contributed by atoms with Crippen molar-refractivity contribution < 1.29 is 0 Å². The molecule has 0 saturated carbocycles. The van der Waals surface area contributed by atoms with Crippen LogP contribution in [0.15, 0.2) is 36.5 Å². The third-order valence-electron chi connectivity index (χ3n) is 2.53. The average molecular weight is 182 g/mol. The number of nitrogens with two attached hydrogens (primary N) is 1. The van der Waals surface area contributed by atoms with Crippen LogP contribution in [0, 0.1) is 0 Å². The standard InChI is InChI=1S/C12H10N2/c13-10-6-9-3-1-2-8-4-5-14-11(7-10)12(8)9/h1-7,14H,13H2. The topological polar surface area (TPSA) is 38.0 Å². The summed E-state index contributed by atoms with van der Waals surface area (Å²) >= 11 is 0. The van der Waals surface area contributed by atoms with Crippen LogP contribution in [-0.2, 0) is 0 Å². The highest BCUT2D eigenvalue weighted by Gasteiger charge is 2.07. The van der Waals surface area contributed by atoms with E-state index in [9.17, 15) is 0 Å². The Balaban J connectivity index is 2.53. The summed E-state index contributed by atoms with van der Waals surface area (Å²) in [6.07, 6.45) is 4.02. The van der Waals surface area contributed by atoms with Crippen LogP contribution in [0.2, 0.25) is 0 Å². The molecule has 0 bridgehead atoms. The van der Waals surface area contributed by atoms with Crippen molar-refractivity contribution in [2.45, 2.75) is 0 Å². The molecule has 0 unspecified atom stereocenters. The van der Waals surface area contributed by atoms with Crippen LogP contribution in [0.3, 0.4) is 0 Å². The molecular formula is C12H10N2. The van der Waals surface area contributed by atoms with Gasteiger partial charge in [-0.3, -0.25) is 0 Å². The summed E-state index contributed by atoms with van der Waals surface area (Å²) in [4.78, 5) is 0. The zero-order valence-electron chi connectivity index (χ0n) is 7.62. The van der Waals surface area contributed by atoms with Gasteiger partial charge in [-0.05, 0) is 29.2 Å². The summed E-state index contributed by atoms with van der Waals surface area (Å²) in [5, 5.41) is 5.65. The highest BCUT2D eigenvalue weighted by Crippen LogP contribution is 2.32. The molecule has 0 atom stereocenters. The normalized spacial score (nSPS) is 12.9. The molecule has 0 spiro atoms. The van der Waals surface area contributed by atoms with Crippen molar-refractivity contribution >= 4 is 28.2 Å². The van der Waals surface area contributed by atoms with Gasteiger partial charge in [0.2, 0.25) is 0 Å². The molecule has 0 radical (unpaired) electrons. The Kier molecular flexibility index (Phi) is 1.34. The second-order valence-electron chi connectivity index (χ2n) is 3.49. The van der Waals surface area contributed by atoms with Crippen molar-refractivity contribution in [1.29, 1.82) is 0 Å². The van der Waals surface area contributed by atoms with Gasteiger partial charge < -0.3 is 11.1 Å². The minimum atomic E-state index is 0.799. The SMILES string of the molecule is Nc1cc2c3c(cccc3c1)C=CN2. The first kappa shape index (κ1) is 7.44. The monoisotopic (exact) mass is 182 g/mol. The fourth-order valence-electron chi connectivity index (χ4n) is 1.95. The van der Waals surface area contributed by atoms with Crippen LogP contribution >= 0.6 is 0 Å². The lowest BCUT2D eigenvalue weighted by atomic mass is 10.00. The minimum Gasteiger partial charge on any atom is -0.399 e. The van der Waals surface area contributed by atoms with E-state index in [0.717, 1.165) is 11.4 Å². The van der Waals surface area contributed by atoms with Crippen molar-refractivity contribution in [2.75, 3.05) is 11.1 Å². The van der Waals surface area contributed by atoms with Crippen molar-refractivity contribution in [2.24, 2.45) is 0 Å². The maximum absolute atomic E-state index is 5.81. The van der Waals surface area contributed by atoms with E-state index in [1.54, 1.807) is 0 Å². The summed E-state index contributed by atoms with van der Waals surface area (Å²) in [6.45, 7) is 0. The predicted molar refractivity (Wildman–Crippen MR) is 61.0 cm³/mol. The van der Waals surface area contributed by atoms with Gasteiger partial charge in [-0.1, -0.05) is 18.2 Å². The lowest BCUT2D eigenvalue weighted by Crippen LogP contribution is -1.97. The summed E-state index contributed by atoms with van der Waals surface area (Å²) in [5.41, 5.74) is 8.95. The largest absolute Gasteiger partial charge is 0.399 e. The van der Waals surface area contributed by atoms with Gasteiger partial charge in [0.15, 0.2) is 0 Å². The Hall–Kier alpha value is -1.96. The number of rotatable bonds is 0. The molecule has 0 fully saturated rings. The molecule has 2 nitrogen and oxygen atoms in total. The number of nitrogen functional groups attached to an aromatic ring is 1. The second-order valence-corrected chi connectivity index (χ2v) is 3.49. The lowest BCUT2D eigenvalue weighted by Gasteiger charge is -2.14. The van der Waals surface area contributed by atoms with Crippen molar-refractivity contribution in [3.8, 4) is 0 Å². The number of anilines is 2. The van der Waals surface area contributed by atoms with Crippen molar-refractivity contribution in [3.63, 3.8) is 0 Å². The molecule has 3 N–H and O–H groups in total. The Labute approximate surface area is 82.0 Å². The fourth-order valence-corrected chi connectivity index (χ4v) is 1.95. The first-order valence-electron chi connectivity index (χ1n) is 4.60. The van der Waals surface area contributed by atoms with Gasteiger partial charge in [-0.2, -0.15) is 0 Å². The molecule has 14 heavy (non-hydrogen) atoms. The van der Waals surface area contributed by atoms with Crippen molar-refractivity contribution in [1.82, 2.24) is 0 Å². The van der Waals surface area contributed by atoms with Crippen LogP contribution in [0.4, 0.5) is 11.4 Å². The Morgan fingerprint density at radius 3 is 3.00 bits per heavy atom. The fraction of sp³-hybridized carbons (Fsp3) is 0. The zero-order chi connectivity index (χ0) is 9.54. The van der Waals surface area contributed by atoms with E-state index in [4.69, 9.17) is 5.73 Å². The third-order valence-corrected chi connectivity index (χ3v) is 2.53. The maximum Gasteiger partial charge on any atom is 0.0486 e. The third kappa shape index (κ3) is 0.909. The Morgan fingerprint density at radius 1 is 1.14 bits per heavy atom. The van der Waals surface area contributed by atoms with Crippen molar-refractivity contribution in [3.05, 3.63) is 42.1 Å². The van der Waals surface area contributed by atoms with E-state index >= 15 is 0 Å². The summed E-state index contributed by atoms with van der Waals surface area (Å²) in [6, 6.07) is 10.2. The molecule has 1 heterocycles. The molecule has 0 aliphatic carbocycles. The number of hydrogen-bond acceptors (Lipinski definition) is 2. The summed E-state index contributed by atoms with van der Waals surface area (Å²) < 4.78 is 0. The lowest BCUT2D eigenvalue weighted by molar-refractivity contribution is 1.58. The summed E-state index contributed by atoms with van der Waals surface area (Å²) in [5.74, 6) is 0. The molecule has 2 aromatic rings. The van der Waals surface area contributed by atoms with Gasteiger partial charge in [0.1, 0.15) is 0 Å². The Morgan fingerprint density at radius 2 is 2.07 bits per heavy atom. The van der Waals surface area contributed by atoms with Gasteiger partial charge in [-0.25, -0.2) is 0 Å². The van der Waals surface area contributed by atoms with Gasteiger partial charge in [0, 0.05) is 23.0 Å². The van der Waals surface area contributed by atoms with E-state index in [1.165, 1.54) is 16.3 Å². The van der Waals surface area contributed by atoms with Crippen LogP contribution in [0.1, 0.15) is 5.56 Å². The highest BCUT2D eigenvalue weighted by molar-refractivity contribution is 6.04. The molecular weight excluding hydrogens is 172 g/mol. The van der Waals surface area contributed by atoms with Gasteiger partial charge >= 0.3 is 0 Å². The van der Waals surface area contributed by atoms with Gasteiger partial charge in [-0.15, -0.1) is 0 Å². The van der Waals surface area contributed by atoms with E-state index < -0.39 is 0 Å². The minimum absolute atomic E-state index is 0.799. The van der Waals surface area contributed by atoms with Gasteiger partial charge in [0.05, 0.1) is 0 Å². The molecule has 3 rings (SSSR count). The van der Waals surface area contributed by atoms with E-state index in [2.05, 4.69) is 29.6 Å². The van der Waals surface area contributed by atoms with Gasteiger partial charge in [0.25, 0.3) is 0 Å².